The maximum Gasteiger partial charge on any atom is 0.145 e. The van der Waals surface area contributed by atoms with Crippen LogP contribution in [0.1, 0.15) is 22.4 Å². The third kappa shape index (κ3) is 3.66. The molecular formula is C19H21NOS. The summed E-state index contributed by atoms with van der Waals surface area (Å²) < 4.78 is 0. The SMILES string of the molecule is Cc1ccsc1CC(=O)C1C=CN(Cc2ccccc2)CC1. The number of ketones is 1. The fourth-order valence-corrected chi connectivity index (χ4v) is 3.71. The number of rotatable bonds is 5. The van der Waals surface area contributed by atoms with E-state index in [0.29, 0.717) is 12.2 Å². The Morgan fingerprint density at radius 2 is 2.09 bits per heavy atom. The summed E-state index contributed by atoms with van der Waals surface area (Å²) >= 11 is 1.69. The third-order valence-electron chi connectivity index (χ3n) is 4.20. The lowest BCUT2D eigenvalue weighted by molar-refractivity contribution is -0.121. The maximum absolute atomic E-state index is 12.4. The van der Waals surface area contributed by atoms with Gasteiger partial charge in [-0.3, -0.25) is 4.79 Å². The molecule has 0 bridgehead atoms. The number of carbonyl (C=O) groups excluding carboxylic acids is 1. The molecule has 1 aromatic carbocycles. The molecule has 3 heteroatoms. The summed E-state index contributed by atoms with van der Waals surface area (Å²) in [6, 6.07) is 12.6. The van der Waals surface area contributed by atoms with Gasteiger partial charge in [-0.1, -0.05) is 36.4 Å². The van der Waals surface area contributed by atoms with Gasteiger partial charge < -0.3 is 4.90 Å². The molecule has 3 rings (SSSR count). The van der Waals surface area contributed by atoms with E-state index in [9.17, 15) is 4.79 Å². The molecule has 2 heterocycles. The average Bonchev–Trinajstić information content (AvgIpc) is 2.94. The van der Waals surface area contributed by atoms with Gasteiger partial charge in [-0.25, -0.2) is 0 Å². The molecule has 1 aromatic heterocycles. The van der Waals surface area contributed by atoms with Crippen molar-refractivity contribution in [2.24, 2.45) is 5.92 Å². The number of Topliss-reactive ketones (excluding diaryl/α,β-unsaturated/α-hetero) is 1. The van der Waals surface area contributed by atoms with E-state index in [1.165, 1.54) is 16.0 Å². The number of allylic oxidation sites excluding steroid dienone is 1. The highest BCUT2D eigenvalue weighted by molar-refractivity contribution is 7.10. The van der Waals surface area contributed by atoms with Crippen LogP contribution in [-0.4, -0.2) is 17.2 Å². The van der Waals surface area contributed by atoms with Gasteiger partial charge in [-0.15, -0.1) is 11.3 Å². The standard InChI is InChI=1S/C19H21NOS/c1-15-9-12-22-19(15)13-18(21)17-7-10-20(11-8-17)14-16-5-3-2-4-6-16/h2-7,9-10,12,17H,8,11,13-14H2,1H3. The van der Waals surface area contributed by atoms with Crippen LogP contribution in [0.25, 0.3) is 0 Å². The second-order valence-electron chi connectivity index (χ2n) is 5.86. The van der Waals surface area contributed by atoms with Gasteiger partial charge in [-0.2, -0.15) is 0 Å². The van der Waals surface area contributed by atoms with Crippen LogP contribution in [0.4, 0.5) is 0 Å². The molecule has 0 fully saturated rings. The average molecular weight is 311 g/mol. The van der Waals surface area contributed by atoms with Crippen molar-refractivity contribution in [3.63, 3.8) is 0 Å². The van der Waals surface area contributed by atoms with Crippen LogP contribution < -0.4 is 0 Å². The number of nitrogens with zero attached hydrogens (tertiary/aromatic N) is 1. The van der Waals surface area contributed by atoms with Crippen LogP contribution in [0, 0.1) is 12.8 Å². The Hall–Kier alpha value is -1.87. The predicted molar refractivity (Wildman–Crippen MR) is 91.9 cm³/mol. The number of hydrogen-bond donors (Lipinski definition) is 0. The summed E-state index contributed by atoms with van der Waals surface area (Å²) in [6.07, 6.45) is 5.68. The first-order valence-electron chi connectivity index (χ1n) is 7.74. The Balaban J connectivity index is 1.56. The van der Waals surface area contributed by atoms with Crippen molar-refractivity contribution in [3.8, 4) is 0 Å². The van der Waals surface area contributed by atoms with Crippen LogP contribution in [0.5, 0.6) is 0 Å². The van der Waals surface area contributed by atoms with Gasteiger partial charge >= 0.3 is 0 Å². The molecule has 0 amide bonds. The lowest BCUT2D eigenvalue weighted by atomic mass is 9.94. The molecule has 0 N–H and O–H groups in total. The molecule has 1 unspecified atom stereocenters. The smallest absolute Gasteiger partial charge is 0.145 e. The van der Waals surface area contributed by atoms with E-state index in [1.54, 1.807) is 11.3 Å². The van der Waals surface area contributed by atoms with Gasteiger partial charge in [0.25, 0.3) is 0 Å². The number of carbonyl (C=O) groups is 1. The Bertz CT molecular complexity index is 659. The molecule has 1 aliphatic rings. The van der Waals surface area contributed by atoms with Crippen LogP contribution in [-0.2, 0) is 17.8 Å². The zero-order valence-corrected chi connectivity index (χ0v) is 13.7. The van der Waals surface area contributed by atoms with Crippen molar-refractivity contribution in [1.82, 2.24) is 4.90 Å². The molecule has 1 atom stereocenters. The molecule has 2 aromatic rings. The largest absolute Gasteiger partial charge is 0.373 e. The van der Waals surface area contributed by atoms with Gasteiger partial charge in [0.2, 0.25) is 0 Å². The summed E-state index contributed by atoms with van der Waals surface area (Å²) in [5, 5.41) is 2.07. The Kier molecular flexibility index (Phi) is 4.74. The summed E-state index contributed by atoms with van der Waals surface area (Å²) in [5.74, 6) is 0.426. The first-order valence-corrected chi connectivity index (χ1v) is 8.62. The highest BCUT2D eigenvalue weighted by Gasteiger charge is 2.21. The quantitative estimate of drug-likeness (QED) is 0.824. The minimum atomic E-state index is 0.0773. The normalized spacial score (nSPS) is 17.7. The van der Waals surface area contributed by atoms with Crippen molar-refractivity contribution >= 4 is 17.1 Å². The maximum atomic E-state index is 12.4. The van der Waals surface area contributed by atoms with Gasteiger partial charge in [0.1, 0.15) is 5.78 Å². The minimum Gasteiger partial charge on any atom is -0.373 e. The van der Waals surface area contributed by atoms with Gasteiger partial charge in [-0.05, 0) is 42.1 Å². The summed E-state index contributed by atoms with van der Waals surface area (Å²) in [4.78, 5) is 15.9. The molecular weight excluding hydrogens is 290 g/mol. The Morgan fingerprint density at radius 3 is 2.73 bits per heavy atom. The third-order valence-corrected chi connectivity index (χ3v) is 5.22. The lowest BCUT2D eigenvalue weighted by Crippen LogP contribution is -2.28. The summed E-state index contributed by atoms with van der Waals surface area (Å²) in [7, 11) is 0. The van der Waals surface area contributed by atoms with Crippen molar-refractivity contribution in [3.05, 3.63) is 70.1 Å². The lowest BCUT2D eigenvalue weighted by Gasteiger charge is -2.27. The monoisotopic (exact) mass is 311 g/mol. The predicted octanol–water partition coefficient (Wildman–Crippen LogP) is 4.20. The van der Waals surface area contributed by atoms with E-state index < -0.39 is 0 Å². The second-order valence-corrected chi connectivity index (χ2v) is 6.86. The first-order chi connectivity index (χ1) is 10.7. The minimum absolute atomic E-state index is 0.0773. The molecule has 2 nitrogen and oxygen atoms in total. The zero-order chi connectivity index (χ0) is 15.4. The van der Waals surface area contributed by atoms with E-state index in [1.807, 2.05) is 6.07 Å². The summed E-state index contributed by atoms with van der Waals surface area (Å²) in [5.41, 5.74) is 2.55. The van der Waals surface area contributed by atoms with E-state index in [-0.39, 0.29) is 5.92 Å². The highest BCUT2D eigenvalue weighted by atomic mass is 32.1. The fourth-order valence-electron chi connectivity index (χ4n) is 2.79. The van der Waals surface area contributed by atoms with E-state index in [4.69, 9.17) is 0 Å². The van der Waals surface area contributed by atoms with E-state index in [0.717, 1.165) is 19.5 Å². The number of benzene rings is 1. The first kappa shape index (κ1) is 15.0. The number of hydrogen-bond acceptors (Lipinski definition) is 3. The van der Waals surface area contributed by atoms with E-state index in [2.05, 4.69) is 59.8 Å². The fraction of sp³-hybridized carbons (Fsp3) is 0.316. The highest BCUT2D eigenvalue weighted by Crippen LogP contribution is 2.22. The summed E-state index contributed by atoms with van der Waals surface area (Å²) in [6.45, 7) is 3.95. The molecule has 0 saturated heterocycles. The van der Waals surface area contributed by atoms with Crippen molar-refractivity contribution in [2.45, 2.75) is 26.3 Å². The number of aryl methyl sites for hydroxylation is 1. The topological polar surface area (TPSA) is 20.3 Å². The molecule has 1 aliphatic heterocycles. The van der Waals surface area contributed by atoms with Gasteiger partial charge in [0.05, 0.1) is 0 Å². The Labute approximate surface area is 136 Å². The molecule has 0 saturated carbocycles. The van der Waals surface area contributed by atoms with Gasteiger partial charge in [0.15, 0.2) is 0 Å². The van der Waals surface area contributed by atoms with Crippen LogP contribution in [0.2, 0.25) is 0 Å². The zero-order valence-electron chi connectivity index (χ0n) is 12.9. The van der Waals surface area contributed by atoms with Crippen LogP contribution in [0.15, 0.2) is 54.1 Å². The van der Waals surface area contributed by atoms with Crippen molar-refractivity contribution in [2.75, 3.05) is 6.54 Å². The number of thiophene rings is 1. The molecule has 0 aliphatic carbocycles. The van der Waals surface area contributed by atoms with Gasteiger partial charge in [0, 0.05) is 30.3 Å². The van der Waals surface area contributed by atoms with Crippen molar-refractivity contribution in [1.29, 1.82) is 0 Å². The molecule has 22 heavy (non-hydrogen) atoms. The van der Waals surface area contributed by atoms with Crippen molar-refractivity contribution < 1.29 is 4.79 Å². The van der Waals surface area contributed by atoms with Crippen LogP contribution >= 0.6 is 11.3 Å². The molecule has 0 radical (unpaired) electrons. The van der Waals surface area contributed by atoms with E-state index >= 15 is 0 Å². The van der Waals surface area contributed by atoms with Crippen LogP contribution in [0.3, 0.4) is 0 Å². The molecule has 114 valence electrons. The molecule has 0 spiro atoms. The Morgan fingerprint density at radius 1 is 1.27 bits per heavy atom. The second kappa shape index (κ2) is 6.93.